The van der Waals surface area contributed by atoms with Crippen LogP contribution >= 0.6 is 11.8 Å². The van der Waals surface area contributed by atoms with E-state index < -0.39 is 0 Å². The molecule has 0 aliphatic rings. The van der Waals surface area contributed by atoms with E-state index in [0.29, 0.717) is 22.7 Å². The van der Waals surface area contributed by atoms with E-state index in [-0.39, 0.29) is 5.91 Å². The van der Waals surface area contributed by atoms with Gasteiger partial charge in [-0.1, -0.05) is 6.07 Å². The van der Waals surface area contributed by atoms with Crippen LogP contribution in [-0.2, 0) is 0 Å². The molecular formula is C17H19NO3S. The van der Waals surface area contributed by atoms with Crippen LogP contribution in [0.25, 0.3) is 0 Å². The van der Waals surface area contributed by atoms with Crippen LogP contribution in [0.3, 0.4) is 0 Å². The number of carbonyl (C=O) groups is 1. The molecule has 1 amide bonds. The highest BCUT2D eigenvalue weighted by Crippen LogP contribution is 2.29. The summed E-state index contributed by atoms with van der Waals surface area (Å²) in [6.45, 7) is 1.96. The van der Waals surface area contributed by atoms with Gasteiger partial charge in [-0.05, 0) is 49.1 Å². The number of aryl methyl sites for hydroxylation is 1. The highest BCUT2D eigenvalue weighted by molar-refractivity contribution is 7.98. The van der Waals surface area contributed by atoms with Crippen LogP contribution in [0.4, 0.5) is 5.69 Å². The van der Waals surface area contributed by atoms with Crippen molar-refractivity contribution in [3.05, 3.63) is 47.5 Å². The molecule has 2 aromatic carbocycles. The number of hydrogen-bond acceptors (Lipinski definition) is 4. The van der Waals surface area contributed by atoms with Crippen LogP contribution in [0.5, 0.6) is 11.5 Å². The number of hydrogen-bond donors (Lipinski definition) is 1. The molecule has 0 radical (unpaired) electrons. The molecule has 4 nitrogen and oxygen atoms in total. The van der Waals surface area contributed by atoms with Gasteiger partial charge in [0, 0.05) is 4.90 Å². The Hall–Kier alpha value is -2.14. The third-order valence-corrected chi connectivity index (χ3v) is 3.98. The summed E-state index contributed by atoms with van der Waals surface area (Å²) < 4.78 is 10.6. The van der Waals surface area contributed by atoms with E-state index in [4.69, 9.17) is 9.47 Å². The van der Waals surface area contributed by atoms with Crippen molar-refractivity contribution in [2.45, 2.75) is 11.8 Å². The molecule has 5 heteroatoms. The predicted molar refractivity (Wildman–Crippen MR) is 90.5 cm³/mol. The van der Waals surface area contributed by atoms with Crippen LogP contribution in [0.15, 0.2) is 41.3 Å². The lowest BCUT2D eigenvalue weighted by atomic mass is 10.1. The van der Waals surface area contributed by atoms with Crippen molar-refractivity contribution in [1.29, 1.82) is 0 Å². The Morgan fingerprint density at radius 2 is 1.77 bits per heavy atom. The van der Waals surface area contributed by atoms with Gasteiger partial charge in [0.25, 0.3) is 5.91 Å². The smallest absolute Gasteiger partial charge is 0.259 e. The van der Waals surface area contributed by atoms with Gasteiger partial charge in [0.2, 0.25) is 0 Å². The molecule has 0 fully saturated rings. The van der Waals surface area contributed by atoms with E-state index in [1.165, 1.54) is 0 Å². The maximum Gasteiger partial charge on any atom is 0.259 e. The number of thioether (sulfide) groups is 1. The second-order valence-electron chi connectivity index (χ2n) is 4.72. The van der Waals surface area contributed by atoms with Gasteiger partial charge >= 0.3 is 0 Å². The van der Waals surface area contributed by atoms with Gasteiger partial charge in [0.15, 0.2) is 0 Å². The van der Waals surface area contributed by atoms with E-state index in [1.807, 2.05) is 43.5 Å². The summed E-state index contributed by atoms with van der Waals surface area (Å²) in [5.74, 6) is 0.947. The van der Waals surface area contributed by atoms with E-state index in [2.05, 4.69) is 5.32 Å². The van der Waals surface area contributed by atoms with Crippen LogP contribution in [-0.4, -0.2) is 26.4 Å². The van der Waals surface area contributed by atoms with Gasteiger partial charge in [-0.25, -0.2) is 0 Å². The van der Waals surface area contributed by atoms with Crippen LogP contribution < -0.4 is 14.8 Å². The highest BCUT2D eigenvalue weighted by Gasteiger charge is 2.15. The fraction of sp³-hybridized carbons (Fsp3) is 0.235. The molecule has 0 saturated heterocycles. The standard InChI is InChI=1S/C17H19NO3S/c1-11-5-8-15(20-2)14(9-11)18-17(19)13-7-6-12(22-4)10-16(13)21-3/h5-10H,1-4H3,(H,18,19). The van der Waals surface area contributed by atoms with E-state index in [1.54, 1.807) is 32.0 Å². The van der Waals surface area contributed by atoms with E-state index in [9.17, 15) is 4.79 Å². The minimum atomic E-state index is -0.228. The summed E-state index contributed by atoms with van der Waals surface area (Å²) in [4.78, 5) is 13.6. The fourth-order valence-corrected chi connectivity index (χ4v) is 2.52. The van der Waals surface area contributed by atoms with Gasteiger partial charge in [-0.15, -0.1) is 11.8 Å². The van der Waals surface area contributed by atoms with Crippen molar-refractivity contribution in [1.82, 2.24) is 0 Å². The van der Waals surface area contributed by atoms with Crippen molar-refractivity contribution >= 4 is 23.4 Å². The average molecular weight is 317 g/mol. The van der Waals surface area contributed by atoms with E-state index in [0.717, 1.165) is 10.5 Å². The molecule has 0 bridgehead atoms. The monoisotopic (exact) mass is 317 g/mol. The molecule has 2 aromatic rings. The average Bonchev–Trinajstić information content (AvgIpc) is 2.54. The first-order valence-corrected chi connectivity index (χ1v) is 7.99. The minimum Gasteiger partial charge on any atom is -0.496 e. The quantitative estimate of drug-likeness (QED) is 0.847. The Bertz CT molecular complexity index is 686. The zero-order valence-electron chi connectivity index (χ0n) is 13.1. The third kappa shape index (κ3) is 3.54. The van der Waals surface area contributed by atoms with Crippen LogP contribution in [0, 0.1) is 6.92 Å². The first-order valence-electron chi connectivity index (χ1n) is 6.77. The Balaban J connectivity index is 2.31. The summed E-state index contributed by atoms with van der Waals surface area (Å²) in [6, 6.07) is 11.2. The second-order valence-corrected chi connectivity index (χ2v) is 5.60. The highest BCUT2D eigenvalue weighted by atomic mass is 32.2. The Morgan fingerprint density at radius 3 is 2.41 bits per heavy atom. The number of rotatable bonds is 5. The zero-order chi connectivity index (χ0) is 16.1. The lowest BCUT2D eigenvalue weighted by Gasteiger charge is -2.13. The topological polar surface area (TPSA) is 47.6 Å². The lowest BCUT2D eigenvalue weighted by molar-refractivity contribution is 0.102. The maximum absolute atomic E-state index is 12.5. The third-order valence-electron chi connectivity index (χ3n) is 3.26. The summed E-state index contributed by atoms with van der Waals surface area (Å²) >= 11 is 1.60. The number of ether oxygens (including phenoxy) is 2. The van der Waals surface area contributed by atoms with Gasteiger partial charge < -0.3 is 14.8 Å². The lowest BCUT2D eigenvalue weighted by Crippen LogP contribution is -2.14. The number of benzene rings is 2. The molecule has 0 unspecified atom stereocenters. The van der Waals surface area contributed by atoms with Gasteiger partial charge in [-0.2, -0.15) is 0 Å². The fourth-order valence-electron chi connectivity index (χ4n) is 2.10. The van der Waals surface area contributed by atoms with Crippen LogP contribution in [0.2, 0.25) is 0 Å². The molecule has 1 N–H and O–H groups in total. The molecule has 22 heavy (non-hydrogen) atoms. The van der Waals surface area contributed by atoms with Crippen molar-refractivity contribution in [2.75, 3.05) is 25.8 Å². The predicted octanol–water partition coefficient (Wildman–Crippen LogP) is 3.99. The molecule has 0 saturated carbocycles. The second kappa shape index (κ2) is 7.22. The van der Waals surface area contributed by atoms with E-state index >= 15 is 0 Å². The van der Waals surface area contributed by atoms with Gasteiger partial charge in [-0.3, -0.25) is 4.79 Å². The Kier molecular flexibility index (Phi) is 5.33. The summed E-state index contributed by atoms with van der Waals surface area (Å²) in [5, 5.41) is 2.88. The molecule has 0 aromatic heterocycles. The summed E-state index contributed by atoms with van der Waals surface area (Å²) in [6.07, 6.45) is 1.98. The van der Waals surface area contributed by atoms with Crippen LogP contribution in [0.1, 0.15) is 15.9 Å². The van der Waals surface area contributed by atoms with Gasteiger partial charge in [0.1, 0.15) is 11.5 Å². The minimum absolute atomic E-state index is 0.228. The van der Waals surface area contributed by atoms with Gasteiger partial charge in [0.05, 0.1) is 25.5 Å². The first kappa shape index (κ1) is 16.2. The normalized spacial score (nSPS) is 10.2. The number of amides is 1. The molecule has 116 valence electrons. The van der Waals surface area contributed by atoms with Crippen molar-refractivity contribution in [2.24, 2.45) is 0 Å². The molecule has 0 atom stereocenters. The molecule has 0 heterocycles. The number of methoxy groups -OCH3 is 2. The molecule has 2 rings (SSSR count). The zero-order valence-corrected chi connectivity index (χ0v) is 13.9. The summed E-state index contributed by atoms with van der Waals surface area (Å²) in [5.41, 5.74) is 2.17. The van der Waals surface area contributed by atoms with Crippen molar-refractivity contribution < 1.29 is 14.3 Å². The molecule has 0 aliphatic heterocycles. The number of carbonyl (C=O) groups excluding carboxylic acids is 1. The Morgan fingerprint density at radius 1 is 1.05 bits per heavy atom. The number of anilines is 1. The first-order chi connectivity index (χ1) is 10.6. The summed E-state index contributed by atoms with van der Waals surface area (Å²) in [7, 11) is 3.14. The molecule has 0 spiro atoms. The largest absolute Gasteiger partial charge is 0.496 e. The number of nitrogens with one attached hydrogen (secondary N) is 1. The molecule has 0 aliphatic carbocycles. The van der Waals surface area contributed by atoms with Crippen molar-refractivity contribution in [3.8, 4) is 11.5 Å². The molecular weight excluding hydrogens is 298 g/mol. The Labute approximate surface area is 134 Å². The maximum atomic E-state index is 12.5. The van der Waals surface area contributed by atoms with Crippen molar-refractivity contribution in [3.63, 3.8) is 0 Å². The SMILES string of the molecule is COc1ccc(C)cc1NC(=O)c1ccc(SC)cc1OC.